The molecule has 0 aliphatic carbocycles. The molecular weight excluding hydrogens is 130 g/mol. The van der Waals surface area contributed by atoms with Gasteiger partial charge in [-0.3, -0.25) is 0 Å². The van der Waals surface area contributed by atoms with Gasteiger partial charge in [0.2, 0.25) is 0 Å². The second kappa shape index (κ2) is 3.31. The molecule has 0 bridgehead atoms. The molecule has 0 aliphatic rings. The Labute approximate surface area is 49.8 Å². The molecule has 1 unspecified atom stereocenters. The number of hydrogen-bond acceptors (Lipinski definition) is 3. The van der Waals surface area contributed by atoms with Crippen molar-refractivity contribution in [2.24, 2.45) is 4.36 Å². The lowest BCUT2D eigenvalue weighted by Gasteiger charge is -1.89. The van der Waals surface area contributed by atoms with Crippen molar-refractivity contribution >= 4 is 17.4 Å². The zero-order valence-corrected chi connectivity index (χ0v) is 5.01. The Morgan fingerprint density at radius 1 is 1.88 bits per heavy atom. The average molecular weight is 135 g/mol. The number of carboxylic acids is 1. The van der Waals surface area contributed by atoms with Gasteiger partial charge in [0.25, 0.3) is 0 Å². The van der Waals surface area contributed by atoms with E-state index in [4.69, 9.17) is 5.11 Å². The van der Waals surface area contributed by atoms with Crippen molar-refractivity contribution in [2.75, 3.05) is 0 Å². The van der Waals surface area contributed by atoms with Crippen LogP contribution in [0.1, 0.15) is 6.92 Å². The van der Waals surface area contributed by atoms with E-state index in [2.05, 4.69) is 4.36 Å². The Bertz CT molecular complexity index is 137. The van der Waals surface area contributed by atoms with Crippen LogP contribution in [0.25, 0.3) is 0 Å². The first-order valence-corrected chi connectivity index (χ1v) is 2.60. The molecule has 0 radical (unpaired) electrons. The highest BCUT2D eigenvalue weighted by Crippen LogP contribution is 1.84. The Balaban J connectivity index is 3.82. The second-order valence-corrected chi connectivity index (χ2v) is 1.55. The molecule has 5 heteroatoms. The zero-order valence-electron chi connectivity index (χ0n) is 4.20. The summed E-state index contributed by atoms with van der Waals surface area (Å²) >= 11 is -0.0678. The van der Waals surface area contributed by atoms with Gasteiger partial charge in [-0.1, -0.05) is 0 Å². The summed E-state index contributed by atoms with van der Waals surface area (Å²) in [5.74, 6) is -1.08. The van der Waals surface area contributed by atoms with Crippen molar-refractivity contribution in [3.63, 3.8) is 0 Å². The Morgan fingerprint density at radius 2 is 2.38 bits per heavy atom. The normalized spacial score (nSPS) is 12.1. The van der Waals surface area contributed by atoms with E-state index in [9.17, 15) is 9.00 Å². The van der Waals surface area contributed by atoms with Crippen LogP contribution in [-0.4, -0.2) is 21.3 Å². The lowest BCUT2D eigenvalue weighted by atomic mass is 10.4. The summed E-state index contributed by atoms with van der Waals surface area (Å²) in [5, 5.41) is 8.07. The third kappa shape index (κ3) is 2.46. The topological polar surface area (TPSA) is 66.7 Å². The molecule has 0 amide bonds. The first kappa shape index (κ1) is 7.29. The van der Waals surface area contributed by atoms with Gasteiger partial charge >= 0.3 is 5.97 Å². The monoisotopic (exact) mass is 135 g/mol. The summed E-state index contributed by atoms with van der Waals surface area (Å²) < 4.78 is 12.6. The van der Waals surface area contributed by atoms with Gasteiger partial charge in [0.05, 0.1) is 0 Å². The minimum atomic E-state index is -1.08. The van der Waals surface area contributed by atoms with Gasteiger partial charge in [0.15, 0.2) is 17.5 Å². The first-order valence-electron chi connectivity index (χ1n) is 1.90. The van der Waals surface area contributed by atoms with E-state index in [-0.39, 0.29) is 11.5 Å². The lowest BCUT2D eigenvalue weighted by molar-refractivity contribution is -0.137. The minimum absolute atomic E-state index is 0.0678. The van der Waals surface area contributed by atoms with Crippen LogP contribution in [0.4, 0.5) is 0 Å². The van der Waals surface area contributed by atoms with Crippen LogP contribution in [0.5, 0.6) is 0 Å². The summed E-state index contributed by atoms with van der Waals surface area (Å²) in [4.78, 5) is 9.84. The molecule has 0 saturated heterocycles. The maximum atomic E-state index is 9.84. The molecule has 1 N–H and O–H groups in total. The largest absolute Gasteiger partial charge is 0.480 e. The van der Waals surface area contributed by atoms with Crippen LogP contribution < -0.4 is 0 Å². The molecule has 0 saturated carbocycles. The van der Waals surface area contributed by atoms with Crippen molar-refractivity contribution in [1.29, 1.82) is 0 Å². The van der Waals surface area contributed by atoms with Crippen LogP contribution in [0.2, 0.25) is 0 Å². The summed E-state index contributed by atoms with van der Waals surface area (Å²) in [6.07, 6.45) is 0. The molecule has 8 heavy (non-hydrogen) atoms. The third-order valence-electron chi connectivity index (χ3n) is 0.559. The van der Waals surface area contributed by atoms with Gasteiger partial charge in [0, 0.05) is 0 Å². The van der Waals surface area contributed by atoms with Gasteiger partial charge in [-0.25, -0.2) is 4.79 Å². The van der Waals surface area contributed by atoms with Crippen LogP contribution >= 0.6 is 0 Å². The van der Waals surface area contributed by atoms with Crippen molar-refractivity contribution in [3.8, 4) is 0 Å². The van der Waals surface area contributed by atoms with Crippen LogP contribution in [-0.2, 0) is 16.3 Å². The first-order chi connectivity index (χ1) is 3.68. The highest BCUT2D eigenvalue weighted by Gasteiger charge is 2.06. The van der Waals surface area contributed by atoms with E-state index in [0.29, 0.717) is 0 Å². The zero-order chi connectivity index (χ0) is 6.57. The number of nitrogens with zero attached hydrogens (tertiary/aromatic N) is 1. The fourth-order valence-corrected chi connectivity index (χ4v) is 0.329. The molecule has 0 aromatic heterocycles. The fourth-order valence-electron chi connectivity index (χ4n) is 0.110. The van der Waals surface area contributed by atoms with Crippen LogP contribution in [0, 0.1) is 0 Å². The third-order valence-corrected chi connectivity index (χ3v) is 0.961. The molecule has 0 fully saturated rings. The van der Waals surface area contributed by atoms with E-state index in [1.807, 2.05) is 0 Å². The smallest absolute Gasteiger partial charge is 0.329 e. The van der Waals surface area contributed by atoms with Crippen LogP contribution in [0.15, 0.2) is 4.36 Å². The number of carbonyl (C=O) groups is 1. The highest BCUT2D eigenvalue weighted by molar-refractivity contribution is 7.54. The van der Waals surface area contributed by atoms with Crippen LogP contribution in [0.3, 0.4) is 0 Å². The Morgan fingerprint density at radius 3 is 2.50 bits per heavy atom. The molecule has 46 valence electrons. The highest BCUT2D eigenvalue weighted by atomic mass is 32.1. The van der Waals surface area contributed by atoms with Crippen molar-refractivity contribution in [2.45, 2.75) is 13.0 Å². The van der Waals surface area contributed by atoms with Gasteiger partial charge in [-0.05, 0) is 6.92 Å². The predicted molar refractivity (Wildman–Crippen MR) is 27.7 cm³/mol. The average Bonchev–Trinajstić information content (AvgIpc) is 1.67. The number of hydrogen-bond donors (Lipinski definition) is 1. The van der Waals surface area contributed by atoms with Crippen molar-refractivity contribution in [3.05, 3.63) is 0 Å². The quantitative estimate of drug-likeness (QED) is 0.572. The van der Waals surface area contributed by atoms with E-state index in [0.717, 1.165) is 0 Å². The molecule has 4 nitrogen and oxygen atoms in total. The summed E-state index contributed by atoms with van der Waals surface area (Å²) in [6.45, 7) is 1.34. The maximum Gasteiger partial charge on any atom is 0.329 e. The standard InChI is InChI=1S/C3H5NO3S/c1-2(3(5)6)4-8-7/h2H,1H3,(H,5,6). The van der Waals surface area contributed by atoms with E-state index >= 15 is 0 Å². The maximum absolute atomic E-state index is 9.84. The van der Waals surface area contributed by atoms with E-state index < -0.39 is 12.0 Å². The molecule has 0 heterocycles. The molecule has 0 aliphatic heterocycles. The molecular formula is C3H5NO3S. The summed E-state index contributed by atoms with van der Waals surface area (Å²) in [6, 6.07) is -0.891. The molecule has 0 rings (SSSR count). The molecule has 0 spiro atoms. The molecule has 0 aromatic rings. The Hall–Kier alpha value is -0.710. The molecule has 0 aromatic carbocycles. The summed E-state index contributed by atoms with van der Waals surface area (Å²) in [5.41, 5.74) is 0. The fraction of sp³-hybridized carbons (Fsp3) is 0.667. The van der Waals surface area contributed by atoms with Gasteiger partial charge in [0.1, 0.15) is 0 Å². The van der Waals surface area contributed by atoms with Gasteiger partial charge in [-0.15, -0.1) is 0 Å². The predicted octanol–water partition coefficient (Wildman–Crippen LogP) is -0.144. The van der Waals surface area contributed by atoms with Gasteiger partial charge in [-0.2, -0.15) is 8.57 Å². The van der Waals surface area contributed by atoms with Crippen molar-refractivity contribution in [1.82, 2.24) is 0 Å². The van der Waals surface area contributed by atoms with E-state index in [1.165, 1.54) is 6.92 Å². The lowest BCUT2D eigenvalue weighted by Crippen LogP contribution is -2.11. The van der Waals surface area contributed by atoms with Crippen molar-refractivity contribution < 1.29 is 14.1 Å². The van der Waals surface area contributed by atoms with Gasteiger partial charge < -0.3 is 5.11 Å². The Kier molecular flexibility index (Phi) is 3.02. The number of aliphatic carboxylic acids is 1. The summed E-state index contributed by atoms with van der Waals surface area (Å²) in [7, 11) is 0. The SMILES string of the molecule is CC(N=S=O)C(=O)O. The second-order valence-electron chi connectivity index (χ2n) is 1.19. The van der Waals surface area contributed by atoms with E-state index in [1.54, 1.807) is 0 Å². The number of carboxylic acid groups (broad SMARTS) is 1. The minimum Gasteiger partial charge on any atom is -0.480 e. The molecule has 1 atom stereocenters. The number of rotatable bonds is 2.